The van der Waals surface area contributed by atoms with Gasteiger partial charge in [-0.25, -0.2) is 13.8 Å². The minimum atomic E-state index is -1.06. The minimum Gasteiger partial charge on any atom is -0.389 e. The maximum Gasteiger partial charge on any atom is 0.141 e. The van der Waals surface area contributed by atoms with Gasteiger partial charge in [-0.1, -0.05) is 6.07 Å². The molecule has 1 fully saturated rings. The van der Waals surface area contributed by atoms with Crippen LogP contribution in [-0.2, 0) is 6.54 Å². The Morgan fingerprint density at radius 3 is 2.41 bits per heavy atom. The molecule has 2 aromatic heterocycles. The maximum absolute atomic E-state index is 15.8. The molecule has 1 saturated heterocycles. The molecule has 0 bridgehead atoms. The van der Waals surface area contributed by atoms with Crippen molar-refractivity contribution in [3.8, 4) is 34.5 Å². The van der Waals surface area contributed by atoms with E-state index in [1.807, 2.05) is 4.90 Å². The highest BCUT2D eigenvalue weighted by Crippen LogP contribution is 2.39. The van der Waals surface area contributed by atoms with Gasteiger partial charge in [-0.05, 0) is 51.0 Å². The maximum atomic E-state index is 15.8. The fourth-order valence-electron chi connectivity index (χ4n) is 4.93. The van der Waals surface area contributed by atoms with Crippen LogP contribution in [0.15, 0.2) is 42.6 Å². The van der Waals surface area contributed by atoms with Crippen molar-refractivity contribution in [1.29, 1.82) is 10.5 Å². The molecule has 0 atom stereocenters. The number of nitriles is 2. The first kappa shape index (κ1) is 26.2. The molecule has 1 aliphatic rings. The van der Waals surface area contributed by atoms with Crippen molar-refractivity contribution in [3.63, 3.8) is 0 Å². The summed E-state index contributed by atoms with van der Waals surface area (Å²) in [6, 6.07) is 12.7. The first-order valence-electron chi connectivity index (χ1n) is 12.6. The Morgan fingerprint density at radius 2 is 1.77 bits per heavy atom. The molecule has 8 nitrogen and oxygen atoms in total. The molecule has 0 radical (unpaired) electrons. The third-order valence-electron chi connectivity index (χ3n) is 6.89. The number of halogens is 2. The number of aliphatic hydroxyl groups is 1. The van der Waals surface area contributed by atoms with Crippen LogP contribution in [0.5, 0.6) is 0 Å². The fraction of sp³-hybridized carbons (Fsp3) is 0.310. The lowest BCUT2D eigenvalue weighted by molar-refractivity contribution is 0.0591. The van der Waals surface area contributed by atoms with Crippen LogP contribution in [0, 0.1) is 34.3 Å². The van der Waals surface area contributed by atoms with E-state index >= 15 is 4.39 Å². The number of nitrogens with zero attached hydrogens (tertiary/aromatic N) is 6. The topological polar surface area (TPSA) is 128 Å². The van der Waals surface area contributed by atoms with Crippen LogP contribution in [-0.4, -0.2) is 44.6 Å². The van der Waals surface area contributed by atoms with Crippen molar-refractivity contribution in [2.75, 3.05) is 18.0 Å². The van der Waals surface area contributed by atoms with Crippen LogP contribution in [0.4, 0.5) is 14.6 Å². The van der Waals surface area contributed by atoms with Gasteiger partial charge in [-0.3, -0.25) is 4.68 Å². The van der Waals surface area contributed by atoms with Crippen LogP contribution >= 0.6 is 0 Å². The van der Waals surface area contributed by atoms with E-state index in [-0.39, 0.29) is 40.5 Å². The van der Waals surface area contributed by atoms with Crippen molar-refractivity contribution < 1.29 is 13.9 Å². The quantitative estimate of drug-likeness (QED) is 0.392. The average Bonchev–Trinajstić information content (AvgIpc) is 3.27. The number of nitrogens with two attached hydrogens (primary N) is 1. The van der Waals surface area contributed by atoms with E-state index in [2.05, 4.69) is 11.2 Å². The molecule has 39 heavy (non-hydrogen) atoms. The second-order valence-electron chi connectivity index (χ2n) is 10.5. The van der Waals surface area contributed by atoms with E-state index in [4.69, 9.17) is 10.7 Å². The average molecular weight is 528 g/mol. The summed E-state index contributed by atoms with van der Waals surface area (Å²) in [4.78, 5) is 6.82. The lowest BCUT2D eigenvalue weighted by Crippen LogP contribution is -2.40. The first-order valence-corrected chi connectivity index (χ1v) is 12.6. The zero-order valence-electron chi connectivity index (χ0n) is 21.6. The van der Waals surface area contributed by atoms with E-state index in [9.17, 15) is 20.0 Å². The summed E-state index contributed by atoms with van der Waals surface area (Å²) in [7, 11) is 0. The zero-order chi connectivity index (χ0) is 27.9. The predicted molar refractivity (Wildman–Crippen MR) is 143 cm³/mol. The second-order valence-corrected chi connectivity index (χ2v) is 10.5. The summed E-state index contributed by atoms with van der Waals surface area (Å²) >= 11 is 0. The van der Waals surface area contributed by atoms with Crippen molar-refractivity contribution in [1.82, 2.24) is 14.8 Å². The number of pyridine rings is 1. The number of aromatic nitrogens is 3. The van der Waals surface area contributed by atoms with Gasteiger partial charge in [0.15, 0.2) is 0 Å². The van der Waals surface area contributed by atoms with Crippen molar-refractivity contribution in [3.05, 3.63) is 65.4 Å². The molecule has 0 spiro atoms. The molecule has 3 N–H and O–H groups in total. The summed E-state index contributed by atoms with van der Waals surface area (Å²) in [6.45, 7) is 4.71. The minimum absolute atomic E-state index is 0.0844. The van der Waals surface area contributed by atoms with Crippen LogP contribution < -0.4 is 10.6 Å². The summed E-state index contributed by atoms with van der Waals surface area (Å²) in [5.41, 5.74) is 6.40. The molecule has 0 saturated carbocycles. The number of hydrogen-bond acceptors (Lipinski definition) is 7. The molecular weight excluding hydrogens is 500 g/mol. The Hall–Kier alpha value is -4.38. The van der Waals surface area contributed by atoms with Crippen molar-refractivity contribution in [2.45, 2.75) is 44.9 Å². The molecule has 198 valence electrons. The molecule has 3 heterocycles. The Kier molecular flexibility index (Phi) is 6.77. The van der Waals surface area contributed by atoms with Gasteiger partial charge in [0.05, 0.1) is 46.7 Å². The highest BCUT2D eigenvalue weighted by atomic mass is 19.1. The lowest BCUT2D eigenvalue weighted by atomic mass is 9.93. The molecule has 0 aliphatic carbocycles. The predicted octanol–water partition coefficient (Wildman–Crippen LogP) is 4.49. The Labute approximate surface area is 224 Å². The SMILES string of the molecule is CC(C)(O)Cn1ncc2cc(-c3c(C#N)cc(N4CCC(N)CC4)nc3-c3ccc(C#N)c(F)c3)c(F)cc21. The van der Waals surface area contributed by atoms with E-state index < -0.39 is 17.2 Å². The number of hydrogen-bond donors (Lipinski definition) is 2. The Morgan fingerprint density at radius 1 is 1.05 bits per heavy atom. The van der Waals surface area contributed by atoms with Crippen LogP contribution in [0.1, 0.15) is 37.8 Å². The van der Waals surface area contributed by atoms with Crippen molar-refractivity contribution in [2.24, 2.45) is 5.73 Å². The molecule has 2 aromatic carbocycles. The normalized spacial score (nSPS) is 14.4. The van der Waals surface area contributed by atoms with Crippen LogP contribution in [0.25, 0.3) is 33.3 Å². The zero-order valence-corrected chi connectivity index (χ0v) is 21.6. The summed E-state index contributed by atoms with van der Waals surface area (Å²) in [5.74, 6) is -0.841. The summed E-state index contributed by atoms with van der Waals surface area (Å²) in [5, 5.41) is 34.5. The highest BCUT2D eigenvalue weighted by Gasteiger charge is 2.25. The molecular formula is C29H27F2N7O. The molecule has 0 amide bonds. The monoisotopic (exact) mass is 527 g/mol. The molecule has 1 aliphatic heterocycles. The van der Waals surface area contributed by atoms with E-state index in [1.54, 1.807) is 44.3 Å². The molecule has 10 heteroatoms. The van der Waals surface area contributed by atoms with E-state index in [0.29, 0.717) is 35.4 Å². The fourth-order valence-corrected chi connectivity index (χ4v) is 4.93. The number of fused-ring (bicyclic) bond motifs is 1. The van der Waals surface area contributed by atoms with Crippen LogP contribution in [0.3, 0.4) is 0 Å². The standard InChI is InChI=1S/C29H27F2N7O/c1-29(2,39)16-38-25-12-24(31)22(9-20(25)15-35-38)27-19(14-33)11-26(37-7-5-21(34)6-8-37)36-28(27)17-3-4-18(13-32)23(30)10-17/h3-4,9-12,15,21,39H,5-8,16,34H2,1-2H3. The number of benzene rings is 2. The number of piperidine rings is 1. The van der Waals surface area contributed by atoms with Gasteiger partial charge in [-0.15, -0.1) is 0 Å². The van der Waals surface area contributed by atoms with E-state index in [1.165, 1.54) is 22.9 Å². The van der Waals surface area contributed by atoms with Crippen molar-refractivity contribution >= 4 is 16.7 Å². The van der Waals surface area contributed by atoms with Gasteiger partial charge >= 0.3 is 0 Å². The molecule has 5 rings (SSSR count). The van der Waals surface area contributed by atoms with Crippen LogP contribution in [0.2, 0.25) is 0 Å². The summed E-state index contributed by atoms with van der Waals surface area (Å²) in [6.07, 6.45) is 3.08. The smallest absolute Gasteiger partial charge is 0.141 e. The van der Waals surface area contributed by atoms with Gasteiger partial charge in [0.25, 0.3) is 0 Å². The van der Waals surface area contributed by atoms with Gasteiger partial charge < -0.3 is 15.7 Å². The van der Waals surface area contributed by atoms with Gasteiger partial charge in [0.1, 0.15) is 23.5 Å². The van der Waals surface area contributed by atoms with Gasteiger partial charge in [-0.2, -0.15) is 15.6 Å². The Balaban J connectivity index is 1.73. The number of anilines is 1. The molecule has 0 unspecified atom stereocenters. The second kappa shape index (κ2) is 10.1. The van der Waals surface area contributed by atoms with E-state index in [0.717, 1.165) is 12.8 Å². The number of rotatable bonds is 5. The first-order chi connectivity index (χ1) is 18.6. The van der Waals surface area contributed by atoms with Gasteiger partial charge in [0, 0.05) is 47.3 Å². The summed E-state index contributed by atoms with van der Waals surface area (Å²) < 4.78 is 32.1. The third-order valence-corrected chi connectivity index (χ3v) is 6.89. The molecule has 4 aromatic rings. The third kappa shape index (κ3) is 5.17. The largest absolute Gasteiger partial charge is 0.389 e. The Bertz CT molecular complexity index is 1650. The lowest BCUT2D eigenvalue weighted by Gasteiger charge is -2.31. The van der Waals surface area contributed by atoms with Gasteiger partial charge in [0.2, 0.25) is 0 Å². The highest BCUT2D eigenvalue weighted by molar-refractivity contribution is 5.92.